The molecule has 0 radical (unpaired) electrons. The number of carbonyl (C=O) groups is 1. The summed E-state index contributed by atoms with van der Waals surface area (Å²) in [5.41, 5.74) is 1.20. The molecule has 2 unspecified atom stereocenters. The van der Waals surface area contributed by atoms with E-state index in [9.17, 15) is 4.79 Å². The number of carbonyl (C=O) groups excluding carboxylic acids is 1. The summed E-state index contributed by atoms with van der Waals surface area (Å²) in [5, 5.41) is 6.37. The summed E-state index contributed by atoms with van der Waals surface area (Å²) >= 11 is 0. The van der Waals surface area contributed by atoms with Crippen LogP contribution in [0.15, 0.2) is 24.3 Å². The molecule has 2 aliphatic rings. The van der Waals surface area contributed by atoms with Gasteiger partial charge < -0.3 is 20.3 Å². The second kappa shape index (κ2) is 7.01. The number of rotatable bonds is 5. The van der Waals surface area contributed by atoms with Crippen LogP contribution in [-0.2, 0) is 4.79 Å². The lowest BCUT2D eigenvalue weighted by Crippen LogP contribution is -2.36. The van der Waals surface area contributed by atoms with Gasteiger partial charge in [0, 0.05) is 37.9 Å². The van der Waals surface area contributed by atoms with Crippen molar-refractivity contribution in [2.45, 2.75) is 12.8 Å². The Morgan fingerprint density at radius 2 is 2.36 bits per heavy atom. The van der Waals surface area contributed by atoms with Gasteiger partial charge in [0.15, 0.2) is 0 Å². The molecule has 0 spiro atoms. The minimum atomic E-state index is 0.163. The minimum Gasteiger partial charge on any atom is -0.497 e. The first kappa shape index (κ1) is 15.2. The molecule has 0 aliphatic carbocycles. The van der Waals surface area contributed by atoms with Crippen LogP contribution in [0.5, 0.6) is 5.75 Å². The summed E-state index contributed by atoms with van der Waals surface area (Å²) in [6.45, 7) is 4.61. The highest BCUT2D eigenvalue weighted by Gasteiger charge is 2.26. The Labute approximate surface area is 132 Å². The van der Waals surface area contributed by atoms with Crippen molar-refractivity contribution >= 4 is 11.6 Å². The van der Waals surface area contributed by atoms with Crippen LogP contribution in [0.2, 0.25) is 0 Å². The van der Waals surface area contributed by atoms with Crippen molar-refractivity contribution in [2.24, 2.45) is 11.8 Å². The van der Waals surface area contributed by atoms with Crippen molar-refractivity contribution < 1.29 is 9.53 Å². The Bertz CT molecular complexity index is 514. The lowest BCUT2D eigenvalue weighted by atomic mass is 10.1. The highest BCUT2D eigenvalue weighted by Crippen LogP contribution is 2.26. The zero-order valence-electron chi connectivity index (χ0n) is 13.2. The average molecular weight is 303 g/mol. The summed E-state index contributed by atoms with van der Waals surface area (Å²) in [6.07, 6.45) is 2.09. The van der Waals surface area contributed by atoms with E-state index in [0.29, 0.717) is 5.92 Å². The fourth-order valence-corrected chi connectivity index (χ4v) is 3.31. The molecular formula is C17H25N3O2. The van der Waals surface area contributed by atoms with Crippen LogP contribution in [0.1, 0.15) is 12.8 Å². The van der Waals surface area contributed by atoms with Crippen LogP contribution < -0.4 is 20.3 Å². The Balaban J connectivity index is 1.48. The maximum atomic E-state index is 12.1. The van der Waals surface area contributed by atoms with Gasteiger partial charge in [-0.3, -0.25) is 4.79 Å². The molecule has 22 heavy (non-hydrogen) atoms. The predicted octanol–water partition coefficient (Wildman–Crippen LogP) is 1.25. The highest BCUT2D eigenvalue weighted by atomic mass is 16.5. The molecule has 2 N–H and O–H groups in total. The molecule has 0 aromatic heterocycles. The molecule has 0 saturated carbocycles. The van der Waals surface area contributed by atoms with Crippen molar-refractivity contribution in [1.82, 2.24) is 10.6 Å². The van der Waals surface area contributed by atoms with Gasteiger partial charge in [0.2, 0.25) is 5.91 Å². The maximum Gasteiger partial charge on any atom is 0.224 e. The third kappa shape index (κ3) is 3.53. The molecule has 2 aliphatic heterocycles. The highest BCUT2D eigenvalue weighted by molar-refractivity contribution is 5.79. The van der Waals surface area contributed by atoms with Crippen LogP contribution >= 0.6 is 0 Å². The van der Waals surface area contributed by atoms with E-state index in [4.69, 9.17) is 4.74 Å². The zero-order chi connectivity index (χ0) is 15.4. The first-order chi connectivity index (χ1) is 10.8. The SMILES string of the molecule is COc1cccc(N2CCC(CNC(=O)C3CCNC3)C2)c1. The quantitative estimate of drug-likeness (QED) is 0.859. The molecule has 0 bridgehead atoms. The first-order valence-electron chi connectivity index (χ1n) is 8.13. The van der Waals surface area contributed by atoms with E-state index in [1.165, 1.54) is 5.69 Å². The van der Waals surface area contributed by atoms with Crippen molar-refractivity contribution in [3.05, 3.63) is 24.3 Å². The minimum absolute atomic E-state index is 0.163. The summed E-state index contributed by atoms with van der Waals surface area (Å²) in [4.78, 5) is 14.4. The lowest BCUT2D eigenvalue weighted by Gasteiger charge is -2.20. The number of hydrogen-bond donors (Lipinski definition) is 2. The number of amides is 1. The van der Waals surface area contributed by atoms with Crippen LogP contribution in [-0.4, -0.2) is 45.7 Å². The van der Waals surface area contributed by atoms with Gasteiger partial charge in [-0.2, -0.15) is 0 Å². The number of nitrogens with one attached hydrogen (secondary N) is 2. The van der Waals surface area contributed by atoms with E-state index in [1.807, 2.05) is 12.1 Å². The van der Waals surface area contributed by atoms with Gasteiger partial charge in [-0.25, -0.2) is 0 Å². The Morgan fingerprint density at radius 3 is 3.14 bits per heavy atom. The molecule has 120 valence electrons. The molecule has 1 amide bonds. The summed E-state index contributed by atoms with van der Waals surface area (Å²) in [5.74, 6) is 1.80. The number of benzene rings is 1. The summed E-state index contributed by atoms with van der Waals surface area (Å²) in [6, 6.07) is 8.18. The van der Waals surface area contributed by atoms with E-state index in [2.05, 4.69) is 27.7 Å². The monoisotopic (exact) mass is 303 g/mol. The molecule has 2 heterocycles. The van der Waals surface area contributed by atoms with Crippen molar-refractivity contribution in [1.29, 1.82) is 0 Å². The summed E-state index contributed by atoms with van der Waals surface area (Å²) in [7, 11) is 1.69. The third-order valence-corrected chi connectivity index (χ3v) is 4.70. The molecular weight excluding hydrogens is 278 g/mol. The zero-order valence-corrected chi connectivity index (χ0v) is 13.2. The molecule has 3 rings (SSSR count). The van der Waals surface area contributed by atoms with Gasteiger partial charge in [-0.15, -0.1) is 0 Å². The molecule has 5 nitrogen and oxygen atoms in total. The van der Waals surface area contributed by atoms with Crippen LogP contribution in [0.3, 0.4) is 0 Å². The Morgan fingerprint density at radius 1 is 1.45 bits per heavy atom. The van der Waals surface area contributed by atoms with Crippen molar-refractivity contribution in [2.75, 3.05) is 44.7 Å². The number of ether oxygens (including phenoxy) is 1. The van der Waals surface area contributed by atoms with Crippen LogP contribution in [0.25, 0.3) is 0 Å². The van der Waals surface area contributed by atoms with Gasteiger partial charge in [-0.05, 0) is 37.4 Å². The molecule has 2 saturated heterocycles. The van der Waals surface area contributed by atoms with E-state index >= 15 is 0 Å². The van der Waals surface area contributed by atoms with Crippen LogP contribution in [0.4, 0.5) is 5.69 Å². The second-order valence-electron chi connectivity index (χ2n) is 6.24. The molecule has 2 fully saturated rings. The van der Waals surface area contributed by atoms with E-state index in [0.717, 1.165) is 51.3 Å². The Hall–Kier alpha value is -1.75. The number of nitrogens with zero attached hydrogens (tertiary/aromatic N) is 1. The fourth-order valence-electron chi connectivity index (χ4n) is 3.31. The summed E-state index contributed by atoms with van der Waals surface area (Å²) < 4.78 is 5.29. The fraction of sp³-hybridized carbons (Fsp3) is 0.588. The van der Waals surface area contributed by atoms with Gasteiger partial charge >= 0.3 is 0 Å². The standard InChI is InChI=1S/C17H25N3O2/c1-22-16-4-2-3-15(9-16)20-8-6-13(12-20)10-19-17(21)14-5-7-18-11-14/h2-4,9,13-14,18H,5-8,10-12H2,1H3,(H,19,21). The number of hydrogen-bond acceptors (Lipinski definition) is 4. The lowest BCUT2D eigenvalue weighted by molar-refractivity contribution is -0.124. The van der Waals surface area contributed by atoms with Gasteiger partial charge in [0.05, 0.1) is 13.0 Å². The third-order valence-electron chi connectivity index (χ3n) is 4.70. The normalized spacial score (nSPS) is 24.5. The average Bonchev–Trinajstić information content (AvgIpc) is 3.24. The van der Waals surface area contributed by atoms with E-state index in [-0.39, 0.29) is 11.8 Å². The van der Waals surface area contributed by atoms with E-state index < -0.39 is 0 Å². The van der Waals surface area contributed by atoms with Gasteiger partial charge in [0.1, 0.15) is 5.75 Å². The van der Waals surface area contributed by atoms with Crippen molar-refractivity contribution in [3.8, 4) is 5.75 Å². The molecule has 1 aromatic rings. The van der Waals surface area contributed by atoms with Crippen LogP contribution in [0, 0.1) is 11.8 Å². The topological polar surface area (TPSA) is 53.6 Å². The number of methoxy groups -OCH3 is 1. The molecule has 2 atom stereocenters. The Kier molecular flexibility index (Phi) is 4.83. The molecule has 1 aromatic carbocycles. The van der Waals surface area contributed by atoms with E-state index in [1.54, 1.807) is 7.11 Å². The van der Waals surface area contributed by atoms with Gasteiger partial charge in [0.25, 0.3) is 0 Å². The second-order valence-corrected chi connectivity index (χ2v) is 6.24. The predicted molar refractivity (Wildman–Crippen MR) is 87.3 cm³/mol. The van der Waals surface area contributed by atoms with Crippen molar-refractivity contribution in [3.63, 3.8) is 0 Å². The first-order valence-corrected chi connectivity index (χ1v) is 8.13. The van der Waals surface area contributed by atoms with Gasteiger partial charge in [-0.1, -0.05) is 6.07 Å². The smallest absolute Gasteiger partial charge is 0.224 e. The number of anilines is 1. The molecule has 5 heteroatoms. The largest absolute Gasteiger partial charge is 0.497 e. The maximum absolute atomic E-state index is 12.1.